The van der Waals surface area contributed by atoms with Gasteiger partial charge in [-0.3, -0.25) is 14.4 Å². The minimum absolute atomic E-state index is 0.121. The molecule has 0 unspecified atom stereocenters. The van der Waals surface area contributed by atoms with E-state index in [2.05, 4.69) is 15.5 Å². The second-order valence-corrected chi connectivity index (χ2v) is 9.84. The Balaban J connectivity index is 1.83. The predicted molar refractivity (Wildman–Crippen MR) is 136 cm³/mol. The minimum Gasteiger partial charge on any atom is -0.491 e. The zero-order chi connectivity index (χ0) is 26.1. The number of fused-ring (bicyclic) bond motifs is 1. The van der Waals surface area contributed by atoms with Crippen molar-refractivity contribution in [2.24, 2.45) is 11.7 Å². The van der Waals surface area contributed by atoms with Gasteiger partial charge in [0.05, 0.1) is 18.6 Å². The van der Waals surface area contributed by atoms with E-state index in [1.54, 1.807) is 23.1 Å². The predicted octanol–water partition coefficient (Wildman–Crippen LogP) is 0.401. The summed E-state index contributed by atoms with van der Waals surface area (Å²) >= 11 is 0. The molecule has 0 spiro atoms. The van der Waals surface area contributed by atoms with Crippen LogP contribution < -0.4 is 21.1 Å². The number of nitrogens with zero attached hydrogens (tertiary/aromatic N) is 2. The van der Waals surface area contributed by atoms with E-state index in [0.29, 0.717) is 25.3 Å². The molecule has 0 bridgehead atoms. The molecule has 0 aromatic heterocycles. The van der Waals surface area contributed by atoms with E-state index in [9.17, 15) is 14.4 Å². The van der Waals surface area contributed by atoms with E-state index in [1.807, 2.05) is 20.2 Å². The Morgan fingerprint density at radius 3 is 2.78 bits per heavy atom. The second kappa shape index (κ2) is 13.6. The Morgan fingerprint density at radius 1 is 1.25 bits per heavy atom. The monoisotopic (exact) mass is 503 g/mol. The first-order chi connectivity index (χ1) is 17.4. The van der Waals surface area contributed by atoms with E-state index in [4.69, 9.17) is 15.6 Å². The molecule has 0 aliphatic carbocycles. The molecule has 2 saturated heterocycles. The molecule has 3 rings (SSSR count). The number of hydrogen-bond acceptors (Lipinski definition) is 7. The van der Waals surface area contributed by atoms with Gasteiger partial charge in [-0.15, -0.1) is 0 Å². The SMILES string of the molecule is CN(C)CCCCNC(=O)[C@@H]1C[C@@H]2C(=O)N[C@@H](CCCCN)C(=O)N2[C@@H]1c1cccc(OCCO)c1. The topological polar surface area (TPSA) is 137 Å². The number of amides is 3. The zero-order valence-corrected chi connectivity index (χ0v) is 21.4. The van der Waals surface area contributed by atoms with Gasteiger partial charge in [0.2, 0.25) is 17.7 Å². The van der Waals surface area contributed by atoms with Crippen molar-refractivity contribution in [1.82, 2.24) is 20.4 Å². The maximum absolute atomic E-state index is 13.6. The van der Waals surface area contributed by atoms with Crippen molar-refractivity contribution in [3.05, 3.63) is 29.8 Å². The number of carbonyl (C=O) groups excluding carboxylic acids is 3. The Hall–Kier alpha value is -2.69. The average molecular weight is 504 g/mol. The molecule has 0 saturated carbocycles. The first-order valence-corrected chi connectivity index (χ1v) is 13.0. The van der Waals surface area contributed by atoms with Gasteiger partial charge in [0.15, 0.2) is 0 Å². The van der Waals surface area contributed by atoms with E-state index in [-0.39, 0.29) is 37.4 Å². The van der Waals surface area contributed by atoms with E-state index in [1.165, 1.54) is 0 Å². The highest BCUT2D eigenvalue weighted by atomic mass is 16.5. The second-order valence-electron chi connectivity index (χ2n) is 9.84. The summed E-state index contributed by atoms with van der Waals surface area (Å²) in [6.45, 7) is 2.04. The van der Waals surface area contributed by atoms with E-state index in [0.717, 1.165) is 37.8 Å². The molecule has 200 valence electrons. The van der Waals surface area contributed by atoms with Crippen LogP contribution in [0, 0.1) is 5.92 Å². The van der Waals surface area contributed by atoms with Gasteiger partial charge in [0, 0.05) is 6.54 Å². The average Bonchev–Trinajstić information content (AvgIpc) is 3.27. The lowest BCUT2D eigenvalue weighted by Crippen LogP contribution is -2.61. The maximum Gasteiger partial charge on any atom is 0.246 e. The van der Waals surface area contributed by atoms with Crippen LogP contribution in [0.15, 0.2) is 24.3 Å². The van der Waals surface area contributed by atoms with E-state index < -0.39 is 24.0 Å². The molecule has 10 nitrogen and oxygen atoms in total. The van der Waals surface area contributed by atoms with Crippen LogP contribution in [0.2, 0.25) is 0 Å². The summed E-state index contributed by atoms with van der Waals surface area (Å²) in [5.41, 5.74) is 6.35. The molecule has 1 aromatic rings. The van der Waals surface area contributed by atoms with Crippen molar-refractivity contribution in [1.29, 1.82) is 0 Å². The van der Waals surface area contributed by atoms with Crippen molar-refractivity contribution >= 4 is 17.7 Å². The van der Waals surface area contributed by atoms with Gasteiger partial charge in [0.1, 0.15) is 24.4 Å². The number of benzene rings is 1. The molecule has 4 atom stereocenters. The van der Waals surface area contributed by atoms with Gasteiger partial charge in [-0.25, -0.2) is 0 Å². The van der Waals surface area contributed by atoms with Crippen molar-refractivity contribution in [2.45, 2.75) is 56.7 Å². The summed E-state index contributed by atoms with van der Waals surface area (Å²) in [6.07, 6.45) is 4.10. The summed E-state index contributed by atoms with van der Waals surface area (Å²) in [6, 6.07) is 5.34. The number of unbranched alkanes of at least 4 members (excludes halogenated alkanes) is 2. The third-order valence-electron chi connectivity index (χ3n) is 6.84. The number of aliphatic hydroxyl groups is 1. The Labute approximate surface area is 213 Å². The van der Waals surface area contributed by atoms with Crippen LogP contribution in [-0.4, -0.2) is 91.7 Å². The normalized spacial score (nSPS) is 23.5. The molecule has 2 aliphatic rings. The summed E-state index contributed by atoms with van der Waals surface area (Å²) in [5.74, 6) is -0.548. The van der Waals surface area contributed by atoms with Crippen LogP contribution in [0.3, 0.4) is 0 Å². The third kappa shape index (κ3) is 6.96. The number of rotatable bonds is 14. The van der Waals surface area contributed by atoms with Crippen LogP contribution in [0.4, 0.5) is 0 Å². The molecular weight excluding hydrogens is 462 g/mol. The molecule has 5 N–H and O–H groups in total. The standard InChI is InChI=1S/C26H41N5O5/c1-30(2)13-6-5-12-28-24(33)20-17-22-25(34)29-21(10-3-4-11-27)26(35)31(22)23(20)18-8-7-9-19(16-18)36-15-14-32/h7-9,16,20-23,32H,3-6,10-15,17,27H2,1-2H3,(H,28,33)(H,29,34)/t20-,21+,22-,23-/m1/s1. The third-order valence-corrected chi connectivity index (χ3v) is 6.84. The molecular formula is C26H41N5O5. The summed E-state index contributed by atoms with van der Waals surface area (Å²) in [4.78, 5) is 43.7. The molecule has 0 radical (unpaired) electrons. The highest BCUT2D eigenvalue weighted by Gasteiger charge is 2.54. The van der Waals surface area contributed by atoms with Gasteiger partial charge >= 0.3 is 0 Å². The summed E-state index contributed by atoms with van der Waals surface area (Å²) < 4.78 is 5.58. The first kappa shape index (κ1) is 27.9. The van der Waals surface area contributed by atoms with Crippen molar-refractivity contribution in [3.63, 3.8) is 0 Å². The fourth-order valence-electron chi connectivity index (χ4n) is 5.08. The van der Waals surface area contributed by atoms with Crippen LogP contribution >= 0.6 is 0 Å². The van der Waals surface area contributed by atoms with Gasteiger partial charge in [-0.05, 0) is 83.4 Å². The van der Waals surface area contributed by atoms with Gasteiger partial charge < -0.3 is 36.0 Å². The molecule has 2 aliphatic heterocycles. The smallest absolute Gasteiger partial charge is 0.246 e. The fraction of sp³-hybridized carbons (Fsp3) is 0.654. The van der Waals surface area contributed by atoms with Crippen LogP contribution in [0.25, 0.3) is 0 Å². The number of piperazine rings is 1. The Kier molecular flexibility index (Phi) is 10.5. The quantitative estimate of drug-likeness (QED) is 0.270. The largest absolute Gasteiger partial charge is 0.491 e. The number of hydrogen-bond donors (Lipinski definition) is 4. The number of carbonyl (C=O) groups is 3. The maximum atomic E-state index is 13.6. The molecule has 2 heterocycles. The number of aliphatic hydroxyl groups excluding tert-OH is 1. The lowest BCUT2D eigenvalue weighted by molar-refractivity contribution is -0.149. The molecule has 3 amide bonds. The molecule has 1 aromatic carbocycles. The zero-order valence-electron chi connectivity index (χ0n) is 21.4. The van der Waals surface area contributed by atoms with Crippen molar-refractivity contribution in [3.8, 4) is 5.75 Å². The molecule has 36 heavy (non-hydrogen) atoms. The van der Waals surface area contributed by atoms with Gasteiger partial charge in [-0.1, -0.05) is 12.1 Å². The highest BCUT2D eigenvalue weighted by Crippen LogP contribution is 2.44. The number of nitrogens with two attached hydrogens (primary N) is 1. The van der Waals surface area contributed by atoms with Crippen molar-refractivity contribution in [2.75, 3.05) is 46.9 Å². The number of ether oxygens (including phenoxy) is 1. The highest BCUT2D eigenvalue weighted by molar-refractivity contribution is 5.99. The van der Waals surface area contributed by atoms with E-state index >= 15 is 0 Å². The fourth-order valence-corrected chi connectivity index (χ4v) is 5.08. The first-order valence-electron chi connectivity index (χ1n) is 13.0. The summed E-state index contributed by atoms with van der Waals surface area (Å²) in [5, 5.41) is 15.0. The van der Waals surface area contributed by atoms with Crippen molar-refractivity contribution < 1.29 is 24.2 Å². The molecule has 2 fully saturated rings. The van der Waals surface area contributed by atoms with Gasteiger partial charge in [0.25, 0.3) is 0 Å². The van der Waals surface area contributed by atoms with Crippen LogP contribution in [0.1, 0.15) is 50.1 Å². The van der Waals surface area contributed by atoms with Crippen LogP contribution in [-0.2, 0) is 14.4 Å². The minimum atomic E-state index is -0.695. The number of nitrogens with one attached hydrogen (secondary N) is 2. The lowest BCUT2D eigenvalue weighted by Gasteiger charge is -2.38. The van der Waals surface area contributed by atoms with Crippen LogP contribution in [0.5, 0.6) is 5.75 Å². The lowest BCUT2D eigenvalue weighted by atomic mass is 9.92. The summed E-state index contributed by atoms with van der Waals surface area (Å²) in [7, 11) is 4.03. The Morgan fingerprint density at radius 2 is 2.06 bits per heavy atom. The van der Waals surface area contributed by atoms with Gasteiger partial charge in [-0.2, -0.15) is 0 Å². The molecule has 10 heteroatoms. The Bertz CT molecular complexity index is 895.